The van der Waals surface area contributed by atoms with Crippen LogP contribution in [0.3, 0.4) is 0 Å². The van der Waals surface area contributed by atoms with Gasteiger partial charge in [0.1, 0.15) is 17.3 Å². The summed E-state index contributed by atoms with van der Waals surface area (Å²) in [5.41, 5.74) is 2.06. The van der Waals surface area contributed by atoms with Gasteiger partial charge in [-0.1, -0.05) is 15.9 Å². The molecule has 2 rings (SSSR count). The van der Waals surface area contributed by atoms with Gasteiger partial charge in [-0.25, -0.2) is 4.39 Å². The molecule has 1 heterocycles. The molecular weight excluding hydrogens is 309 g/mol. The molecule has 1 aromatic heterocycles. The molecule has 0 bridgehead atoms. The number of hydrogen-bond donors (Lipinski definition) is 1. The van der Waals surface area contributed by atoms with E-state index in [9.17, 15) is 4.39 Å². The van der Waals surface area contributed by atoms with Crippen molar-refractivity contribution in [2.24, 2.45) is 0 Å². The number of benzene rings is 1. The first-order chi connectivity index (χ1) is 9.01. The van der Waals surface area contributed by atoms with Crippen molar-refractivity contribution in [1.29, 1.82) is 0 Å². The van der Waals surface area contributed by atoms with Crippen LogP contribution >= 0.6 is 15.9 Å². The standard InChI is InChI=1S/C15H17BrFNO/c1-9-6-13(10(2)19-9)15(18-3)8-11-7-12(17)4-5-14(11)16/h4-7,15,18H,8H2,1-3H3. The second kappa shape index (κ2) is 5.88. The lowest BCUT2D eigenvalue weighted by Gasteiger charge is -2.16. The molecule has 2 nitrogen and oxygen atoms in total. The Balaban J connectivity index is 2.29. The molecule has 0 radical (unpaired) electrons. The van der Waals surface area contributed by atoms with Gasteiger partial charge in [-0.05, 0) is 57.1 Å². The van der Waals surface area contributed by atoms with Crippen LogP contribution in [0, 0.1) is 19.7 Å². The topological polar surface area (TPSA) is 25.2 Å². The third-order valence-electron chi connectivity index (χ3n) is 3.24. The Hall–Kier alpha value is -1.13. The first-order valence-corrected chi connectivity index (χ1v) is 6.98. The normalized spacial score (nSPS) is 12.7. The summed E-state index contributed by atoms with van der Waals surface area (Å²) in [6.45, 7) is 3.88. The molecule has 1 unspecified atom stereocenters. The van der Waals surface area contributed by atoms with Gasteiger partial charge in [0.05, 0.1) is 0 Å². The third-order valence-corrected chi connectivity index (χ3v) is 4.01. The molecule has 1 N–H and O–H groups in total. The zero-order chi connectivity index (χ0) is 14.0. The smallest absolute Gasteiger partial charge is 0.123 e. The summed E-state index contributed by atoms with van der Waals surface area (Å²) in [7, 11) is 1.90. The molecule has 102 valence electrons. The maximum Gasteiger partial charge on any atom is 0.123 e. The van der Waals surface area contributed by atoms with E-state index in [1.54, 1.807) is 12.1 Å². The highest BCUT2D eigenvalue weighted by molar-refractivity contribution is 9.10. The first kappa shape index (κ1) is 14.3. The maximum absolute atomic E-state index is 13.3. The van der Waals surface area contributed by atoms with Crippen molar-refractivity contribution in [1.82, 2.24) is 5.32 Å². The van der Waals surface area contributed by atoms with Crippen molar-refractivity contribution in [3.8, 4) is 0 Å². The lowest BCUT2D eigenvalue weighted by molar-refractivity contribution is 0.490. The number of nitrogens with one attached hydrogen (secondary N) is 1. The van der Waals surface area contributed by atoms with Crippen LogP contribution in [0.5, 0.6) is 0 Å². The second-order valence-electron chi connectivity index (χ2n) is 4.65. The summed E-state index contributed by atoms with van der Waals surface area (Å²) < 4.78 is 19.8. The van der Waals surface area contributed by atoms with Crippen molar-refractivity contribution in [3.63, 3.8) is 0 Å². The fourth-order valence-electron chi connectivity index (χ4n) is 2.28. The minimum Gasteiger partial charge on any atom is -0.466 e. The highest BCUT2D eigenvalue weighted by Crippen LogP contribution is 2.27. The van der Waals surface area contributed by atoms with Crippen LogP contribution in [0.2, 0.25) is 0 Å². The van der Waals surface area contributed by atoms with E-state index in [4.69, 9.17) is 4.42 Å². The lowest BCUT2D eigenvalue weighted by Crippen LogP contribution is -2.19. The third kappa shape index (κ3) is 3.25. The van der Waals surface area contributed by atoms with Crippen molar-refractivity contribution < 1.29 is 8.81 Å². The lowest BCUT2D eigenvalue weighted by atomic mass is 9.99. The molecule has 0 saturated carbocycles. The minimum atomic E-state index is -0.215. The molecule has 0 amide bonds. The van der Waals surface area contributed by atoms with E-state index in [1.165, 1.54) is 6.07 Å². The summed E-state index contributed by atoms with van der Waals surface area (Å²) in [6.07, 6.45) is 0.703. The highest BCUT2D eigenvalue weighted by Gasteiger charge is 2.17. The SMILES string of the molecule is CNC(Cc1cc(F)ccc1Br)c1cc(C)oc1C. The average molecular weight is 326 g/mol. The van der Waals surface area contributed by atoms with E-state index in [1.807, 2.05) is 27.0 Å². The Bertz CT molecular complexity index is 580. The molecule has 0 fully saturated rings. The average Bonchev–Trinajstić information content (AvgIpc) is 2.69. The quantitative estimate of drug-likeness (QED) is 0.906. The number of halogens is 2. The van der Waals surface area contributed by atoms with Crippen LogP contribution in [0.15, 0.2) is 33.2 Å². The predicted molar refractivity (Wildman–Crippen MR) is 77.8 cm³/mol. The van der Waals surface area contributed by atoms with Gasteiger partial charge in [0.25, 0.3) is 0 Å². The van der Waals surface area contributed by atoms with Crippen LogP contribution in [0.1, 0.15) is 28.7 Å². The molecule has 2 aromatic rings. The molecule has 4 heteroatoms. The van der Waals surface area contributed by atoms with Crippen LogP contribution in [0.4, 0.5) is 4.39 Å². The van der Waals surface area contributed by atoms with Crippen LogP contribution in [0.25, 0.3) is 0 Å². The Labute approximate surface area is 121 Å². The highest BCUT2D eigenvalue weighted by atomic mass is 79.9. The van der Waals surface area contributed by atoms with E-state index in [-0.39, 0.29) is 11.9 Å². The first-order valence-electron chi connectivity index (χ1n) is 6.19. The summed E-state index contributed by atoms with van der Waals surface area (Å²) in [4.78, 5) is 0. The summed E-state index contributed by atoms with van der Waals surface area (Å²) in [6, 6.07) is 6.90. The zero-order valence-electron chi connectivity index (χ0n) is 11.3. The Morgan fingerprint density at radius 2 is 2.05 bits per heavy atom. The van der Waals surface area contributed by atoms with E-state index < -0.39 is 0 Å². The number of rotatable bonds is 4. The number of furan rings is 1. The van der Waals surface area contributed by atoms with Gasteiger partial charge >= 0.3 is 0 Å². The Kier molecular flexibility index (Phi) is 4.42. The van der Waals surface area contributed by atoms with Gasteiger partial charge in [-0.15, -0.1) is 0 Å². The van der Waals surface area contributed by atoms with E-state index >= 15 is 0 Å². The van der Waals surface area contributed by atoms with Crippen LogP contribution in [-0.2, 0) is 6.42 Å². The molecule has 1 aromatic carbocycles. The molecule has 0 spiro atoms. The molecule has 0 saturated heterocycles. The van der Waals surface area contributed by atoms with Crippen molar-refractivity contribution >= 4 is 15.9 Å². The maximum atomic E-state index is 13.3. The van der Waals surface area contributed by atoms with Gasteiger partial charge in [0.2, 0.25) is 0 Å². The van der Waals surface area contributed by atoms with Gasteiger partial charge in [-0.3, -0.25) is 0 Å². The molecular formula is C15H17BrFNO. The van der Waals surface area contributed by atoms with Gasteiger partial charge in [0, 0.05) is 16.1 Å². The van der Waals surface area contributed by atoms with Gasteiger partial charge in [-0.2, -0.15) is 0 Å². The molecule has 19 heavy (non-hydrogen) atoms. The largest absolute Gasteiger partial charge is 0.466 e. The predicted octanol–water partition coefficient (Wildman–Crippen LogP) is 4.30. The number of likely N-dealkylation sites (N-methyl/N-ethyl adjacent to an activating group) is 1. The van der Waals surface area contributed by atoms with Gasteiger partial charge in [0.15, 0.2) is 0 Å². The van der Waals surface area contributed by atoms with Crippen LogP contribution < -0.4 is 5.32 Å². The number of aryl methyl sites for hydroxylation is 2. The molecule has 0 aliphatic heterocycles. The summed E-state index contributed by atoms with van der Waals surface area (Å²) >= 11 is 3.47. The fourth-order valence-corrected chi connectivity index (χ4v) is 2.69. The van der Waals surface area contributed by atoms with Crippen LogP contribution in [-0.4, -0.2) is 7.05 Å². The van der Waals surface area contributed by atoms with E-state index in [2.05, 4.69) is 21.2 Å². The van der Waals surface area contributed by atoms with Crippen molar-refractivity contribution in [2.75, 3.05) is 7.05 Å². The summed E-state index contributed by atoms with van der Waals surface area (Å²) in [5, 5.41) is 3.26. The second-order valence-corrected chi connectivity index (χ2v) is 5.50. The zero-order valence-corrected chi connectivity index (χ0v) is 12.8. The van der Waals surface area contributed by atoms with Crippen molar-refractivity contribution in [2.45, 2.75) is 26.3 Å². The fraction of sp³-hybridized carbons (Fsp3) is 0.333. The minimum absolute atomic E-state index is 0.107. The molecule has 0 aliphatic rings. The monoisotopic (exact) mass is 325 g/mol. The van der Waals surface area contributed by atoms with E-state index in [0.717, 1.165) is 27.1 Å². The van der Waals surface area contributed by atoms with Crippen molar-refractivity contribution in [3.05, 3.63) is 57.2 Å². The van der Waals surface area contributed by atoms with Gasteiger partial charge < -0.3 is 9.73 Å². The number of hydrogen-bond acceptors (Lipinski definition) is 2. The summed E-state index contributed by atoms with van der Waals surface area (Å²) in [5.74, 6) is 1.59. The Morgan fingerprint density at radius 1 is 1.32 bits per heavy atom. The Morgan fingerprint density at radius 3 is 2.63 bits per heavy atom. The molecule has 0 aliphatic carbocycles. The van der Waals surface area contributed by atoms with E-state index in [0.29, 0.717) is 6.42 Å². The molecule has 1 atom stereocenters.